The zero-order valence-corrected chi connectivity index (χ0v) is 10.4. The van der Waals surface area contributed by atoms with E-state index < -0.39 is 0 Å². The fourth-order valence-electron chi connectivity index (χ4n) is 1.55. The normalized spacial score (nSPS) is 10.6. The number of rotatable bonds is 12. The van der Waals surface area contributed by atoms with Crippen LogP contribution in [0.25, 0.3) is 0 Å². The molecule has 0 unspecified atom stereocenters. The van der Waals surface area contributed by atoms with Gasteiger partial charge in [0.2, 0.25) is 0 Å². The minimum absolute atomic E-state index is 0. The molecule has 0 aromatic rings. The van der Waals surface area contributed by atoms with Gasteiger partial charge in [0.15, 0.2) is 0 Å². The van der Waals surface area contributed by atoms with Crippen molar-refractivity contribution in [1.82, 2.24) is 4.90 Å². The largest absolute Gasteiger partial charge is 0.379 e. The molecule has 0 rings (SSSR count). The molecule has 0 heterocycles. The quantitative estimate of drug-likeness (QED) is 0.423. The van der Waals surface area contributed by atoms with Gasteiger partial charge in [0.1, 0.15) is 0 Å². The molecular weight excluding hydrogens is 216 g/mol. The second-order valence-electron chi connectivity index (χ2n) is 3.88. The predicted molar refractivity (Wildman–Crippen MR) is 75.0 cm³/mol. The molecule has 0 aliphatic rings. The van der Waals surface area contributed by atoms with Crippen LogP contribution in [0.2, 0.25) is 0 Å². The third-order valence-electron chi connectivity index (χ3n) is 2.44. The molecule has 6 N–H and O–H groups in total. The van der Waals surface area contributed by atoms with Crippen molar-refractivity contribution >= 4 is 0 Å². The highest BCUT2D eigenvalue weighted by Crippen LogP contribution is 1.97. The molecule has 0 aromatic heterocycles. The van der Waals surface area contributed by atoms with Crippen molar-refractivity contribution in [3.63, 3.8) is 0 Å². The maximum Gasteiger partial charge on any atom is 0.0594 e. The smallest absolute Gasteiger partial charge is 0.0594 e. The lowest BCUT2D eigenvalue weighted by Crippen LogP contribution is -2.33. The summed E-state index contributed by atoms with van der Waals surface area (Å²) in [6.45, 7) is 6.44. The van der Waals surface area contributed by atoms with Crippen LogP contribution in [0.3, 0.4) is 0 Å². The van der Waals surface area contributed by atoms with Gasteiger partial charge in [-0.2, -0.15) is 0 Å². The lowest BCUT2D eigenvalue weighted by atomic mass is 10.2. The molecule has 106 valence electrons. The standard InChI is InChI=1S/C11H28N4O.CH4/c12-4-2-1-3-7-15(8-5-13)9-11-16-10-6-14;/h1-14H2;1H4. The van der Waals surface area contributed by atoms with Gasteiger partial charge in [0, 0.05) is 26.2 Å². The highest BCUT2D eigenvalue weighted by molar-refractivity contribution is 4.58. The molecule has 0 saturated heterocycles. The Morgan fingerprint density at radius 2 is 1.47 bits per heavy atom. The molecule has 0 saturated carbocycles. The predicted octanol–water partition coefficient (Wildman–Crippen LogP) is -0.0125. The first-order valence-electron chi connectivity index (χ1n) is 6.25. The van der Waals surface area contributed by atoms with Crippen LogP contribution in [0, 0.1) is 0 Å². The van der Waals surface area contributed by atoms with E-state index in [1.165, 1.54) is 12.8 Å². The first-order valence-corrected chi connectivity index (χ1v) is 6.25. The van der Waals surface area contributed by atoms with Crippen LogP contribution in [-0.4, -0.2) is 57.4 Å². The van der Waals surface area contributed by atoms with Gasteiger partial charge in [-0.15, -0.1) is 0 Å². The lowest BCUT2D eigenvalue weighted by molar-refractivity contribution is 0.109. The average Bonchev–Trinajstić information content (AvgIpc) is 2.30. The zero-order chi connectivity index (χ0) is 12.1. The molecule has 5 heteroatoms. The summed E-state index contributed by atoms with van der Waals surface area (Å²) in [5.74, 6) is 0. The van der Waals surface area contributed by atoms with Gasteiger partial charge in [-0.25, -0.2) is 0 Å². The monoisotopic (exact) mass is 248 g/mol. The van der Waals surface area contributed by atoms with E-state index in [2.05, 4.69) is 4.90 Å². The van der Waals surface area contributed by atoms with Crippen molar-refractivity contribution in [2.24, 2.45) is 17.2 Å². The van der Waals surface area contributed by atoms with E-state index in [1.807, 2.05) is 0 Å². The molecule has 0 bridgehead atoms. The average molecular weight is 248 g/mol. The highest BCUT2D eigenvalue weighted by atomic mass is 16.5. The summed E-state index contributed by atoms with van der Waals surface area (Å²) in [4.78, 5) is 2.34. The van der Waals surface area contributed by atoms with E-state index in [0.717, 1.165) is 39.2 Å². The van der Waals surface area contributed by atoms with Gasteiger partial charge in [-0.05, 0) is 25.9 Å². The van der Waals surface area contributed by atoms with E-state index in [0.29, 0.717) is 19.7 Å². The molecular formula is C12H32N4O. The van der Waals surface area contributed by atoms with E-state index in [1.54, 1.807) is 0 Å². The summed E-state index contributed by atoms with van der Waals surface area (Å²) in [5, 5.41) is 0. The minimum Gasteiger partial charge on any atom is -0.379 e. The molecule has 0 aliphatic carbocycles. The van der Waals surface area contributed by atoms with Gasteiger partial charge >= 0.3 is 0 Å². The molecule has 5 nitrogen and oxygen atoms in total. The Morgan fingerprint density at radius 3 is 2.06 bits per heavy atom. The molecule has 0 atom stereocenters. The summed E-state index contributed by atoms with van der Waals surface area (Å²) in [5.41, 5.74) is 16.4. The van der Waals surface area contributed by atoms with Gasteiger partial charge in [-0.1, -0.05) is 13.8 Å². The molecule has 17 heavy (non-hydrogen) atoms. The lowest BCUT2D eigenvalue weighted by Gasteiger charge is -2.21. The summed E-state index contributed by atoms with van der Waals surface area (Å²) >= 11 is 0. The Kier molecular flexibility index (Phi) is 17.8. The van der Waals surface area contributed by atoms with Crippen LogP contribution < -0.4 is 17.2 Å². The van der Waals surface area contributed by atoms with Crippen molar-refractivity contribution in [2.75, 3.05) is 52.5 Å². The van der Waals surface area contributed by atoms with Crippen molar-refractivity contribution in [1.29, 1.82) is 0 Å². The Labute approximate surface area is 107 Å². The molecule has 0 radical (unpaired) electrons. The number of unbranched alkanes of at least 4 members (excludes halogenated alkanes) is 2. The molecule has 0 fully saturated rings. The molecule has 0 aliphatic heterocycles. The van der Waals surface area contributed by atoms with Crippen LogP contribution in [0.1, 0.15) is 26.7 Å². The summed E-state index contributed by atoms with van der Waals surface area (Å²) in [6.07, 6.45) is 3.50. The van der Waals surface area contributed by atoms with E-state index in [9.17, 15) is 0 Å². The van der Waals surface area contributed by atoms with Crippen LogP contribution in [0.4, 0.5) is 0 Å². The Balaban J connectivity index is 0. The number of nitrogens with two attached hydrogens (primary N) is 3. The number of nitrogens with zero attached hydrogens (tertiary/aromatic N) is 1. The second-order valence-corrected chi connectivity index (χ2v) is 3.88. The SMILES string of the molecule is C.NCCCCCN(CCN)CCOCCN. The number of hydrogen-bond donors (Lipinski definition) is 3. The fraction of sp³-hybridized carbons (Fsp3) is 1.00. The Bertz CT molecular complexity index is 124. The number of hydrogen-bond acceptors (Lipinski definition) is 5. The van der Waals surface area contributed by atoms with Crippen molar-refractivity contribution in [2.45, 2.75) is 26.7 Å². The van der Waals surface area contributed by atoms with Crippen LogP contribution in [0.5, 0.6) is 0 Å². The second kappa shape index (κ2) is 15.8. The summed E-state index contributed by atoms with van der Waals surface area (Å²) in [6, 6.07) is 0. The Morgan fingerprint density at radius 1 is 0.706 bits per heavy atom. The first-order chi connectivity index (χ1) is 7.85. The van der Waals surface area contributed by atoms with E-state index >= 15 is 0 Å². The van der Waals surface area contributed by atoms with E-state index in [4.69, 9.17) is 21.9 Å². The highest BCUT2D eigenvalue weighted by Gasteiger charge is 2.03. The topological polar surface area (TPSA) is 90.5 Å². The van der Waals surface area contributed by atoms with Crippen LogP contribution >= 0.6 is 0 Å². The summed E-state index contributed by atoms with van der Waals surface area (Å²) < 4.78 is 5.36. The Hall–Kier alpha value is -0.200. The van der Waals surface area contributed by atoms with Crippen LogP contribution in [-0.2, 0) is 4.74 Å². The van der Waals surface area contributed by atoms with Crippen LogP contribution in [0.15, 0.2) is 0 Å². The first kappa shape index (κ1) is 19.1. The zero-order valence-electron chi connectivity index (χ0n) is 10.4. The van der Waals surface area contributed by atoms with Crippen molar-refractivity contribution in [3.8, 4) is 0 Å². The van der Waals surface area contributed by atoms with Gasteiger partial charge in [0.25, 0.3) is 0 Å². The third kappa shape index (κ3) is 13.7. The number of ether oxygens (including phenoxy) is 1. The van der Waals surface area contributed by atoms with Gasteiger partial charge in [-0.3, -0.25) is 4.90 Å². The summed E-state index contributed by atoms with van der Waals surface area (Å²) in [7, 11) is 0. The van der Waals surface area contributed by atoms with Crippen molar-refractivity contribution in [3.05, 3.63) is 0 Å². The fourth-order valence-corrected chi connectivity index (χ4v) is 1.55. The van der Waals surface area contributed by atoms with Gasteiger partial charge < -0.3 is 21.9 Å². The van der Waals surface area contributed by atoms with E-state index in [-0.39, 0.29) is 7.43 Å². The third-order valence-corrected chi connectivity index (χ3v) is 2.44. The molecule has 0 spiro atoms. The molecule has 0 amide bonds. The van der Waals surface area contributed by atoms with Gasteiger partial charge in [0.05, 0.1) is 13.2 Å². The molecule has 0 aromatic carbocycles. The van der Waals surface area contributed by atoms with Crippen molar-refractivity contribution < 1.29 is 4.74 Å². The minimum atomic E-state index is 0. The maximum atomic E-state index is 5.57. The maximum absolute atomic E-state index is 5.57.